The quantitative estimate of drug-likeness (QED) is 0.654. The topological polar surface area (TPSA) is 78.6 Å². The predicted molar refractivity (Wildman–Crippen MR) is 126 cm³/mol. The third-order valence-electron chi connectivity index (χ3n) is 6.33. The van der Waals surface area contributed by atoms with Crippen LogP contribution in [0.4, 0.5) is 0 Å². The Bertz CT molecular complexity index is 1150. The maximum Gasteiger partial charge on any atom is 0.174 e. The van der Waals surface area contributed by atoms with E-state index in [1.165, 1.54) is 0 Å². The van der Waals surface area contributed by atoms with Gasteiger partial charge in [0.25, 0.3) is 0 Å². The standard InChI is InChI=1S/C24H20N2O3.C3H9N/c1-28-20-14-26-15-21-22(20)23(27)12-11-19(17-5-3-2-4-6-17)24(23,29-21)18-9-7-16(13-25)8-10-18;1-4(2)3/h2-10,14-15,19,27H,11-12H2,1H3;1-3H3/t19?,23-,24?;/m1./s1. The number of aliphatic hydroxyl groups is 1. The van der Waals surface area contributed by atoms with Crippen LogP contribution in [0.15, 0.2) is 67.0 Å². The van der Waals surface area contributed by atoms with Crippen LogP contribution >= 0.6 is 0 Å². The van der Waals surface area contributed by atoms with Crippen molar-refractivity contribution < 1.29 is 14.6 Å². The molecule has 1 N–H and O–H groups in total. The molecule has 1 aliphatic heterocycles. The summed E-state index contributed by atoms with van der Waals surface area (Å²) in [5, 5.41) is 21.4. The van der Waals surface area contributed by atoms with Gasteiger partial charge in [-0.1, -0.05) is 42.5 Å². The first-order chi connectivity index (χ1) is 15.9. The van der Waals surface area contributed by atoms with Gasteiger partial charge in [0, 0.05) is 5.92 Å². The van der Waals surface area contributed by atoms with Crippen molar-refractivity contribution in [1.82, 2.24) is 9.88 Å². The molecule has 2 aromatic carbocycles. The van der Waals surface area contributed by atoms with Gasteiger partial charge in [-0.25, -0.2) is 0 Å². The smallest absolute Gasteiger partial charge is 0.174 e. The Hall–Kier alpha value is -3.40. The maximum atomic E-state index is 12.2. The van der Waals surface area contributed by atoms with E-state index >= 15 is 0 Å². The van der Waals surface area contributed by atoms with E-state index in [9.17, 15) is 10.4 Å². The average molecular weight is 444 g/mol. The molecule has 2 heterocycles. The molecule has 5 rings (SSSR count). The number of hydrogen-bond acceptors (Lipinski definition) is 6. The molecule has 1 saturated carbocycles. The molecule has 0 amide bonds. The monoisotopic (exact) mass is 443 g/mol. The molecule has 33 heavy (non-hydrogen) atoms. The van der Waals surface area contributed by atoms with E-state index in [4.69, 9.17) is 9.47 Å². The number of benzene rings is 2. The van der Waals surface area contributed by atoms with Gasteiger partial charge >= 0.3 is 0 Å². The summed E-state index contributed by atoms with van der Waals surface area (Å²) >= 11 is 0. The highest BCUT2D eigenvalue weighted by Crippen LogP contribution is 2.67. The van der Waals surface area contributed by atoms with Crippen LogP contribution in [0.3, 0.4) is 0 Å². The summed E-state index contributed by atoms with van der Waals surface area (Å²) in [7, 11) is 7.58. The van der Waals surface area contributed by atoms with E-state index in [2.05, 4.69) is 23.2 Å². The summed E-state index contributed by atoms with van der Waals surface area (Å²) < 4.78 is 12.2. The van der Waals surface area contributed by atoms with Crippen molar-refractivity contribution in [3.8, 4) is 17.6 Å². The van der Waals surface area contributed by atoms with Crippen LogP contribution in [-0.4, -0.2) is 43.2 Å². The van der Waals surface area contributed by atoms with Crippen LogP contribution in [-0.2, 0) is 11.2 Å². The van der Waals surface area contributed by atoms with Crippen molar-refractivity contribution >= 4 is 0 Å². The second kappa shape index (κ2) is 8.86. The Morgan fingerprint density at radius 2 is 1.76 bits per heavy atom. The molecule has 3 atom stereocenters. The van der Waals surface area contributed by atoms with E-state index in [0.717, 1.165) is 17.5 Å². The third-order valence-corrected chi connectivity index (χ3v) is 6.33. The van der Waals surface area contributed by atoms with E-state index in [0.29, 0.717) is 29.0 Å². The lowest BCUT2D eigenvalue weighted by Crippen LogP contribution is -2.48. The summed E-state index contributed by atoms with van der Waals surface area (Å²) in [4.78, 5) is 6.23. The van der Waals surface area contributed by atoms with Crippen molar-refractivity contribution in [3.05, 3.63) is 89.2 Å². The molecule has 170 valence electrons. The Morgan fingerprint density at radius 1 is 1.09 bits per heavy atom. The van der Waals surface area contributed by atoms with Gasteiger partial charge in [-0.05, 0) is 57.2 Å². The van der Waals surface area contributed by atoms with E-state index in [1.54, 1.807) is 31.6 Å². The molecule has 1 fully saturated rings. The largest absolute Gasteiger partial charge is 0.495 e. The first kappa shape index (κ1) is 22.8. The fourth-order valence-corrected chi connectivity index (χ4v) is 5.11. The van der Waals surface area contributed by atoms with E-state index in [1.807, 2.05) is 56.4 Å². The molecule has 0 bridgehead atoms. The van der Waals surface area contributed by atoms with Crippen molar-refractivity contribution in [2.24, 2.45) is 0 Å². The fraction of sp³-hybridized carbons (Fsp3) is 0.333. The molecular formula is C27H29N3O3. The van der Waals surface area contributed by atoms with Gasteiger partial charge in [0.2, 0.25) is 0 Å². The van der Waals surface area contributed by atoms with Crippen molar-refractivity contribution in [2.45, 2.75) is 30.0 Å². The molecule has 6 nitrogen and oxygen atoms in total. The van der Waals surface area contributed by atoms with Crippen LogP contribution in [0.1, 0.15) is 41.0 Å². The molecule has 6 heteroatoms. The number of fused-ring (bicyclic) bond motifs is 3. The number of rotatable bonds is 3. The zero-order chi connectivity index (χ0) is 23.6. The van der Waals surface area contributed by atoms with Gasteiger partial charge in [-0.3, -0.25) is 4.98 Å². The van der Waals surface area contributed by atoms with Gasteiger partial charge < -0.3 is 19.5 Å². The highest BCUT2D eigenvalue weighted by Gasteiger charge is 2.69. The van der Waals surface area contributed by atoms with Gasteiger partial charge in [0.1, 0.15) is 17.1 Å². The SMILES string of the molecule is CN(C)C.COc1cncc2c1[C@]1(O)CCC(c3ccccc3)C1(c1ccc(C#N)cc1)O2. The lowest BCUT2D eigenvalue weighted by molar-refractivity contribution is -0.106. The van der Waals surface area contributed by atoms with Crippen LogP contribution in [0, 0.1) is 11.3 Å². The lowest BCUT2D eigenvalue weighted by Gasteiger charge is -2.40. The van der Waals surface area contributed by atoms with Crippen LogP contribution in [0.2, 0.25) is 0 Å². The van der Waals surface area contributed by atoms with E-state index in [-0.39, 0.29) is 5.92 Å². The molecular weight excluding hydrogens is 414 g/mol. The molecule has 3 aromatic rings. The summed E-state index contributed by atoms with van der Waals surface area (Å²) in [5.41, 5.74) is 0.860. The van der Waals surface area contributed by atoms with Crippen molar-refractivity contribution in [2.75, 3.05) is 28.3 Å². The minimum Gasteiger partial charge on any atom is -0.495 e. The molecule has 0 spiro atoms. The van der Waals surface area contributed by atoms with Crippen LogP contribution < -0.4 is 9.47 Å². The summed E-state index contributed by atoms with van der Waals surface area (Å²) in [6, 6.07) is 19.6. The number of nitrogens with zero attached hydrogens (tertiary/aromatic N) is 3. The highest BCUT2D eigenvalue weighted by atomic mass is 16.5. The van der Waals surface area contributed by atoms with E-state index < -0.39 is 11.2 Å². The lowest BCUT2D eigenvalue weighted by atomic mass is 9.71. The second-order valence-electron chi connectivity index (χ2n) is 8.95. The maximum absolute atomic E-state index is 12.2. The zero-order valence-electron chi connectivity index (χ0n) is 19.4. The fourth-order valence-electron chi connectivity index (χ4n) is 5.11. The Balaban J connectivity index is 0.000000601. The minimum absolute atomic E-state index is 0.0706. The Labute approximate surface area is 195 Å². The Kier molecular flexibility index (Phi) is 6.11. The summed E-state index contributed by atoms with van der Waals surface area (Å²) in [6.07, 6.45) is 4.54. The summed E-state index contributed by atoms with van der Waals surface area (Å²) in [5.74, 6) is 0.991. The normalized spacial score (nSPS) is 24.7. The average Bonchev–Trinajstić information content (AvgIpc) is 3.26. The first-order valence-electron chi connectivity index (χ1n) is 11.0. The second-order valence-corrected chi connectivity index (χ2v) is 8.95. The minimum atomic E-state index is -1.27. The molecule has 2 unspecified atom stereocenters. The first-order valence-corrected chi connectivity index (χ1v) is 11.0. The zero-order valence-corrected chi connectivity index (χ0v) is 19.4. The number of hydrogen-bond donors (Lipinski definition) is 1. The molecule has 0 saturated heterocycles. The number of methoxy groups -OCH3 is 1. The highest BCUT2D eigenvalue weighted by molar-refractivity contribution is 5.57. The number of nitriles is 1. The summed E-state index contributed by atoms with van der Waals surface area (Å²) in [6.45, 7) is 0. The molecule has 0 radical (unpaired) electrons. The van der Waals surface area contributed by atoms with Crippen molar-refractivity contribution in [3.63, 3.8) is 0 Å². The number of pyridine rings is 1. The van der Waals surface area contributed by atoms with Gasteiger partial charge in [0.15, 0.2) is 5.60 Å². The van der Waals surface area contributed by atoms with Gasteiger partial charge in [0.05, 0.1) is 36.7 Å². The van der Waals surface area contributed by atoms with Crippen molar-refractivity contribution in [1.29, 1.82) is 5.26 Å². The van der Waals surface area contributed by atoms with Gasteiger partial charge in [-0.15, -0.1) is 0 Å². The van der Waals surface area contributed by atoms with Crippen LogP contribution in [0.25, 0.3) is 0 Å². The van der Waals surface area contributed by atoms with Gasteiger partial charge in [-0.2, -0.15) is 5.26 Å². The molecule has 1 aliphatic carbocycles. The van der Waals surface area contributed by atoms with Crippen LogP contribution in [0.5, 0.6) is 11.5 Å². The Morgan fingerprint density at radius 3 is 2.36 bits per heavy atom. The number of aromatic nitrogens is 1. The third kappa shape index (κ3) is 3.64. The predicted octanol–water partition coefficient (Wildman–Crippen LogP) is 4.19. The number of ether oxygens (including phenoxy) is 2. The molecule has 1 aromatic heterocycles. The molecule has 2 aliphatic rings.